The molecule has 0 atom stereocenters. The Morgan fingerprint density at radius 3 is 2.19 bits per heavy atom. The summed E-state index contributed by atoms with van der Waals surface area (Å²) in [5, 5.41) is 0. The van der Waals surface area contributed by atoms with Crippen LogP contribution in [-0.2, 0) is 11.3 Å². The van der Waals surface area contributed by atoms with E-state index in [0.717, 1.165) is 11.1 Å². The number of hydrogen-bond donors (Lipinski definition) is 0. The second kappa shape index (κ2) is 10.3. The van der Waals surface area contributed by atoms with Crippen molar-refractivity contribution in [3.05, 3.63) is 59.2 Å². The van der Waals surface area contributed by atoms with Crippen molar-refractivity contribution in [3.8, 4) is 11.5 Å². The van der Waals surface area contributed by atoms with Gasteiger partial charge in [0.1, 0.15) is 0 Å². The van der Waals surface area contributed by atoms with E-state index in [4.69, 9.17) is 9.47 Å². The molecule has 3 rings (SSSR count). The minimum absolute atomic E-state index is 0.0487. The molecule has 0 N–H and O–H groups in total. The predicted molar refractivity (Wildman–Crippen MR) is 120 cm³/mol. The number of benzene rings is 2. The summed E-state index contributed by atoms with van der Waals surface area (Å²) in [7, 11) is 5.03. The maximum absolute atomic E-state index is 12.8. The molecular weight excluding hydrogens is 394 g/mol. The van der Waals surface area contributed by atoms with Gasteiger partial charge >= 0.3 is 0 Å². The number of nitrogens with zero attached hydrogens (tertiary/aromatic N) is 3. The molecule has 0 aromatic heterocycles. The van der Waals surface area contributed by atoms with Crippen LogP contribution < -0.4 is 9.47 Å². The van der Waals surface area contributed by atoms with Gasteiger partial charge in [-0.25, -0.2) is 0 Å². The zero-order valence-electron chi connectivity index (χ0n) is 18.8. The molecule has 1 saturated heterocycles. The topological polar surface area (TPSA) is 62.3 Å². The van der Waals surface area contributed by atoms with E-state index in [2.05, 4.69) is 4.90 Å². The molecule has 1 heterocycles. The van der Waals surface area contributed by atoms with E-state index in [1.807, 2.05) is 61.3 Å². The highest BCUT2D eigenvalue weighted by Gasteiger charge is 2.24. The normalized spacial score (nSPS) is 14.3. The SMILES string of the molecule is COc1cc(C)c(CN(C)C(=O)CN2CCN(C(=O)c3ccccc3)CC2)cc1OC. The van der Waals surface area contributed by atoms with Crippen molar-refractivity contribution in [3.63, 3.8) is 0 Å². The number of likely N-dealkylation sites (N-methyl/N-ethyl adjacent to an activating group) is 1. The van der Waals surface area contributed by atoms with Crippen molar-refractivity contribution in [1.82, 2.24) is 14.7 Å². The standard InChI is InChI=1S/C24H31N3O4/c1-18-14-21(30-3)22(31-4)15-20(18)16-25(2)23(28)17-26-10-12-27(13-11-26)24(29)19-8-6-5-7-9-19/h5-9,14-15H,10-13,16-17H2,1-4H3. The molecule has 0 unspecified atom stereocenters. The molecule has 0 bridgehead atoms. The number of ether oxygens (including phenoxy) is 2. The van der Waals surface area contributed by atoms with E-state index in [9.17, 15) is 9.59 Å². The lowest BCUT2D eigenvalue weighted by atomic mass is 10.1. The van der Waals surface area contributed by atoms with Crippen LogP contribution in [0.1, 0.15) is 21.5 Å². The first-order chi connectivity index (χ1) is 14.9. The van der Waals surface area contributed by atoms with Crippen LogP contribution in [0.15, 0.2) is 42.5 Å². The van der Waals surface area contributed by atoms with Gasteiger partial charge in [-0.3, -0.25) is 14.5 Å². The first kappa shape index (κ1) is 22.6. The second-order valence-corrected chi connectivity index (χ2v) is 7.82. The van der Waals surface area contributed by atoms with E-state index in [0.29, 0.717) is 56.3 Å². The molecule has 0 aliphatic carbocycles. The smallest absolute Gasteiger partial charge is 0.253 e. The van der Waals surface area contributed by atoms with Crippen molar-refractivity contribution in [2.24, 2.45) is 0 Å². The van der Waals surface area contributed by atoms with Gasteiger partial charge in [0.25, 0.3) is 5.91 Å². The summed E-state index contributed by atoms with van der Waals surface area (Å²) >= 11 is 0. The lowest BCUT2D eigenvalue weighted by Crippen LogP contribution is -2.51. The molecule has 2 aromatic carbocycles. The van der Waals surface area contributed by atoms with Gasteiger partial charge in [0.05, 0.1) is 20.8 Å². The van der Waals surface area contributed by atoms with Crippen LogP contribution in [0.3, 0.4) is 0 Å². The lowest BCUT2D eigenvalue weighted by Gasteiger charge is -2.35. The summed E-state index contributed by atoms with van der Waals surface area (Å²) in [5.41, 5.74) is 2.77. The molecule has 0 radical (unpaired) electrons. The molecule has 2 aromatic rings. The predicted octanol–water partition coefficient (Wildman–Crippen LogP) is 2.43. The maximum atomic E-state index is 12.8. The van der Waals surface area contributed by atoms with Gasteiger partial charge in [-0.1, -0.05) is 18.2 Å². The van der Waals surface area contributed by atoms with Gasteiger partial charge in [-0.15, -0.1) is 0 Å². The Balaban J connectivity index is 1.52. The van der Waals surface area contributed by atoms with Crippen LogP contribution in [-0.4, -0.2) is 80.5 Å². The molecule has 1 aliphatic rings. The summed E-state index contributed by atoms with van der Waals surface area (Å²) in [6, 6.07) is 13.2. The second-order valence-electron chi connectivity index (χ2n) is 7.82. The van der Waals surface area contributed by atoms with Gasteiger partial charge in [-0.05, 0) is 42.3 Å². The largest absolute Gasteiger partial charge is 0.493 e. The monoisotopic (exact) mass is 425 g/mol. The number of aryl methyl sites for hydroxylation is 1. The van der Waals surface area contributed by atoms with Crippen LogP contribution in [0.5, 0.6) is 11.5 Å². The Morgan fingerprint density at radius 2 is 1.58 bits per heavy atom. The van der Waals surface area contributed by atoms with Gasteiger partial charge in [0.15, 0.2) is 11.5 Å². The molecule has 7 nitrogen and oxygen atoms in total. The number of carbonyl (C=O) groups excluding carboxylic acids is 2. The minimum atomic E-state index is 0.0487. The third-order valence-electron chi connectivity index (χ3n) is 5.71. The Kier molecular flexibility index (Phi) is 7.52. The minimum Gasteiger partial charge on any atom is -0.493 e. The highest BCUT2D eigenvalue weighted by atomic mass is 16.5. The molecule has 166 valence electrons. The first-order valence-corrected chi connectivity index (χ1v) is 10.4. The molecule has 1 aliphatic heterocycles. The van der Waals surface area contributed by atoms with Gasteiger partial charge in [-0.2, -0.15) is 0 Å². The van der Waals surface area contributed by atoms with Crippen molar-refractivity contribution in [2.45, 2.75) is 13.5 Å². The summed E-state index contributed by atoms with van der Waals surface area (Å²) in [4.78, 5) is 31.1. The highest BCUT2D eigenvalue weighted by molar-refractivity contribution is 5.94. The molecule has 0 spiro atoms. The Hall–Kier alpha value is -3.06. The van der Waals surface area contributed by atoms with Crippen molar-refractivity contribution >= 4 is 11.8 Å². The van der Waals surface area contributed by atoms with Crippen LogP contribution in [0.25, 0.3) is 0 Å². The average molecular weight is 426 g/mol. The lowest BCUT2D eigenvalue weighted by molar-refractivity contribution is -0.132. The zero-order valence-corrected chi connectivity index (χ0v) is 18.8. The molecule has 7 heteroatoms. The van der Waals surface area contributed by atoms with Crippen LogP contribution >= 0.6 is 0 Å². The molecule has 2 amide bonds. The fraction of sp³-hybridized carbons (Fsp3) is 0.417. The molecule has 0 saturated carbocycles. The molecular formula is C24H31N3O4. The number of rotatable bonds is 7. The number of hydrogen-bond acceptors (Lipinski definition) is 5. The maximum Gasteiger partial charge on any atom is 0.253 e. The first-order valence-electron chi connectivity index (χ1n) is 10.4. The van der Waals surface area contributed by atoms with E-state index < -0.39 is 0 Å². The van der Waals surface area contributed by atoms with E-state index in [1.165, 1.54) is 0 Å². The quantitative estimate of drug-likeness (QED) is 0.682. The summed E-state index contributed by atoms with van der Waals surface area (Å²) in [6.07, 6.45) is 0. The fourth-order valence-electron chi connectivity index (χ4n) is 3.72. The Bertz CT molecular complexity index is 909. The van der Waals surface area contributed by atoms with Gasteiger partial charge in [0.2, 0.25) is 5.91 Å². The van der Waals surface area contributed by atoms with Gasteiger partial charge in [0, 0.05) is 45.3 Å². The summed E-state index contributed by atoms with van der Waals surface area (Å²) < 4.78 is 10.7. The Labute approximate surface area is 184 Å². The third-order valence-corrected chi connectivity index (χ3v) is 5.71. The van der Waals surface area contributed by atoms with Crippen molar-refractivity contribution < 1.29 is 19.1 Å². The summed E-state index contributed by atoms with van der Waals surface area (Å²) in [6.45, 7) is 5.46. The molecule has 31 heavy (non-hydrogen) atoms. The van der Waals surface area contributed by atoms with Gasteiger partial charge < -0.3 is 19.3 Å². The fourth-order valence-corrected chi connectivity index (χ4v) is 3.72. The number of amides is 2. The van der Waals surface area contributed by atoms with Crippen molar-refractivity contribution in [2.75, 3.05) is 54.0 Å². The number of carbonyl (C=O) groups is 2. The number of methoxy groups -OCH3 is 2. The zero-order chi connectivity index (χ0) is 22.4. The third kappa shape index (κ3) is 5.55. The number of piperazine rings is 1. The van der Waals surface area contributed by atoms with E-state index in [1.54, 1.807) is 19.1 Å². The van der Waals surface area contributed by atoms with E-state index >= 15 is 0 Å². The molecule has 1 fully saturated rings. The van der Waals surface area contributed by atoms with Crippen LogP contribution in [0.4, 0.5) is 0 Å². The highest BCUT2D eigenvalue weighted by Crippen LogP contribution is 2.30. The Morgan fingerprint density at radius 1 is 0.968 bits per heavy atom. The average Bonchev–Trinajstić information content (AvgIpc) is 2.80. The van der Waals surface area contributed by atoms with Crippen LogP contribution in [0, 0.1) is 6.92 Å². The van der Waals surface area contributed by atoms with Crippen molar-refractivity contribution in [1.29, 1.82) is 0 Å². The van der Waals surface area contributed by atoms with E-state index in [-0.39, 0.29) is 11.8 Å². The van der Waals surface area contributed by atoms with Crippen LogP contribution in [0.2, 0.25) is 0 Å². The summed E-state index contributed by atoms with van der Waals surface area (Å²) in [5.74, 6) is 1.44.